The van der Waals surface area contributed by atoms with Crippen LogP contribution in [0.3, 0.4) is 0 Å². The Bertz CT molecular complexity index is 1000. The van der Waals surface area contributed by atoms with Crippen LogP contribution in [0.1, 0.15) is 15.9 Å². The number of hydrogen-bond donors (Lipinski definition) is 2. The molecule has 0 bridgehead atoms. The molecule has 0 fully saturated rings. The molecule has 0 aliphatic carbocycles. The molecule has 0 spiro atoms. The van der Waals surface area contributed by atoms with Crippen molar-refractivity contribution in [2.24, 2.45) is 5.14 Å². The number of nitrogens with zero attached hydrogens (tertiary/aromatic N) is 1. The third kappa shape index (κ3) is 5.09. The average molecular weight is 393 g/mol. The van der Waals surface area contributed by atoms with Crippen LogP contribution in [0.5, 0.6) is 0 Å². The second-order valence-electron chi connectivity index (χ2n) is 5.42. The summed E-state index contributed by atoms with van der Waals surface area (Å²) in [5.74, 6) is -1.72. The maximum absolute atomic E-state index is 12.0. The van der Waals surface area contributed by atoms with Crippen molar-refractivity contribution in [3.63, 3.8) is 0 Å². The molecule has 27 heavy (non-hydrogen) atoms. The summed E-state index contributed by atoms with van der Waals surface area (Å²) < 4.78 is 27.1. The van der Waals surface area contributed by atoms with Crippen LogP contribution >= 0.6 is 0 Å². The van der Waals surface area contributed by atoms with E-state index in [1.54, 1.807) is 0 Å². The van der Waals surface area contributed by atoms with E-state index in [9.17, 15) is 28.1 Å². The van der Waals surface area contributed by atoms with E-state index in [0.29, 0.717) is 0 Å². The van der Waals surface area contributed by atoms with Crippen molar-refractivity contribution in [1.82, 2.24) is 0 Å². The quantitative estimate of drug-likeness (QED) is 0.425. The molecule has 0 aliphatic rings. The van der Waals surface area contributed by atoms with E-state index in [0.717, 1.165) is 0 Å². The summed E-state index contributed by atoms with van der Waals surface area (Å²) in [6, 6.07) is 9.20. The molecular formula is C16H15N3O7S. The number of hydrogen-bond acceptors (Lipinski definition) is 7. The van der Waals surface area contributed by atoms with Crippen LogP contribution in [-0.2, 0) is 19.6 Å². The number of para-hydroxylation sites is 1. The number of primary sulfonamides is 1. The maximum atomic E-state index is 12.0. The van der Waals surface area contributed by atoms with Crippen LogP contribution in [0.15, 0.2) is 47.4 Å². The molecule has 2 aromatic rings. The van der Waals surface area contributed by atoms with Crippen molar-refractivity contribution in [3.8, 4) is 0 Å². The summed E-state index contributed by atoms with van der Waals surface area (Å²) >= 11 is 0. The minimum Gasteiger partial charge on any atom is -0.452 e. The zero-order valence-corrected chi connectivity index (χ0v) is 14.9. The number of nitrogens with two attached hydrogens (primary N) is 1. The molecule has 0 unspecified atom stereocenters. The van der Waals surface area contributed by atoms with Crippen LogP contribution in [-0.4, -0.2) is 31.8 Å². The molecule has 0 aromatic heterocycles. The van der Waals surface area contributed by atoms with Gasteiger partial charge in [-0.05, 0) is 37.3 Å². The molecule has 0 atom stereocenters. The molecule has 0 heterocycles. The zero-order valence-electron chi connectivity index (χ0n) is 14.0. The highest BCUT2D eigenvalue weighted by atomic mass is 32.2. The molecule has 1 amide bonds. The Morgan fingerprint density at radius 1 is 1.19 bits per heavy atom. The van der Waals surface area contributed by atoms with E-state index in [1.165, 1.54) is 49.4 Å². The fraction of sp³-hybridized carbons (Fsp3) is 0.125. The summed E-state index contributed by atoms with van der Waals surface area (Å²) in [7, 11) is -3.85. The Labute approximate surface area is 154 Å². The van der Waals surface area contributed by atoms with Gasteiger partial charge in [0, 0.05) is 11.3 Å². The lowest BCUT2D eigenvalue weighted by atomic mass is 10.1. The fourth-order valence-corrected chi connectivity index (χ4v) is 2.72. The van der Waals surface area contributed by atoms with E-state index in [4.69, 9.17) is 9.88 Å². The van der Waals surface area contributed by atoms with Crippen molar-refractivity contribution < 1.29 is 27.7 Å². The third-order valence-electron chi connectivity index (χ3n) is 3.44. The number of esters is 1. The van der Waals surface area contributed by atoms with Gasteiger partial charge in [-0.2, -0.15) is 0 Å². The lowest BCUT2D eigenvalue weighted by Crippen LogP contribution is -2.21. The average Bonchev–Trinajstić information content (AvgIpc) is 2.58. The monoisotopic (exact) mass is 393 g/mol. The van der Waals surface area contributed by atoms with Crippen molar-refractivity contribution in [1.29, 1.82) is 0 Å². The Morgan fingerprint density at radius 3 is 2.37 bits per heavy atom. The van der Waals surface area contributed by atoms with Gasteiger partial charge in [-0.25, -0.2) is 18.4 Å². The Morgan fingerprint density at radius 2 is 1.81 bits per heavy atom. The van der Waals surface area contributed by atoms with Crippen LogP contribution in [0, 0.1) is 17.0 Å². The molecule has 2 rings (SSSR count). The number of aryl methyl sites for hydroxylation is 1. The van der Waals surface area contributed by atoms with Crippen molar-refractivity contribution in [3.05, 3.63) is 63.7 Å². The summed E-state index contributed by atoms with van der Waals surface area (Å²) in [5, 5.41) is 18.4. The number of benzene rings is 2. The zero-order chi connectivity index (χ0) is 20.2. The minimum absolute atomic E-state index is 0.126. The van der Waals surface area contributed by atoms with Gasteiger partial charge in [0.15, 0.2) is 6.61 Å². The first-order chi connectivity index (χ1) is 12.6. The number of amides is 1. The lowest BCUT2D eigenvalue weighted by molar-refractivity contribution is -0.385. The van der Waals surface area contributed by atoms with Crippen molar-refractivity contribution in [2.75, 3.05) is 11.9 Å². The highest BCUT2D eigenvalue weighted by molar-refractivity contribution is 7.89. The Kier molecular flexibility index (Phi) is 5.88. The number of sulfonamides is 1. The molecule has 3 N–H and O–H groups in total. The van der Waals surface area contributed by atoms with Gasteiger partial charge < -0.3 is 10.1 Å². The first-order valence-corrected chi connectivity index (χ1v) is 8.98. The van der Waals surface area contributed by atoms with Gasteiger partial charge in [0.2, 0.25) is 10.0 Å². The predicted molar refractivity (Wildman–Crippen MR) is 94.6 cm³/mol. The van der Waals surface area contributed by atoms with Gasteiger partial charge >= 0.3 is 5.97 Å². The largest absolute Gasteiger partial charge is 0.452 e. The number of anilines is 1. The first kappa shape index (κ1) is 20.0. The van der Waals surface area contributed by atoms with Crippen LogP contribution in [0.2, 0.25) is 0 Å². The molecule has 0 saturated heterocycles. The van der Waals surface area contributed by atoms with Gasteiger partial charge in [0.05, 0.1) is 9.82 Å². The molecule has 142 valence electrons. The molecule has 11 heteroatoms. The number of nitro groups is 1. The minimum atomic E-state index is -3.85. The van der Waals surface area contributed by atoms with Crippen LogP contribution in [0.4, 0.5) is 11.4 Å². The number of ether oxygens (including phenoxy) is 1. The number of nitro benzene ring substituents is 1. The van der Waals surface area contributed by atoms with E-state index >= 15 is 0 Å². The van der Waals surface area contributed by atoms with Crippen molar-refractivity contribution in [2.45, 2.75) is 11.8 Å². The van der Waals surface area contributed by atoms with E-state index in [-0.39, 0.29) is 27.4 Å². The van der Waals surface area contributed by atoms with E-state index in [1.807, 2.05) is 0 Å². The number of carbonyl (C=O) groups excluding carboxylic acids is 2. The number of nitrogens with one attached hydrogen (secondary N) is 1. The molecule has 0 saturated carbocycles. The van der Waals surface area contributed by atoms with E-state index < -0.39 is 33.4 Å². The normalized spacial score (nSPS) is 10.9. The molecule has 10 nitrogen and oxygen atoms in total. The summed E-state index contributed by atoms with van der Waals surface area (Å²) in [6.45, 7) is 0.799. The smallest absolute Gasteiger partial charge is 0.345 e. The highest BCUT2D eigenvalue weighted by Gasteiger charge is 2.24. The predicted octanol–water partition coefficient (Wildman–Crippen LogP) is 1.35. The van der Waals surface area contributed by atoms with Gasteiger partial charge in [0.25, 0.3) is 11.6 Å². The van der Waals surface area contributed by atoms with Gasteiger partial charge in [-0.1, -0.05) is 12.1 Å². The van der Waals surface area contributed by atoms with Gasteiger partial charge in [-0.15, -0.1) is 0 Å². The molecular weight excluding hydrogens is 378 g/mol. The van der Waals surface area contributed by atoms with Crippen molar-refractivity contribution >= 4 is 33.3 Å². The van der Waals surface area contributed by atoms with Gasteiger partial charge in [0.1, 0.15) is 5.56 Å². The Hall–Kier alpha value is -3.31. The number of rotatable bonds is 6. The number of carbonyl (C=O) groups is 2. The van der Waals surface area contributed by atoms with E-state index in [2.05, 4.69) is 5.32 Å². The summed E-state index contributed by atoms with van der Waals surface area (Å²) in [6.07, 6.45) is 0. The van der Waals surface area contributed by atoms with Crippen LogP contribution in [0.25, 0.3) is 0 Å². The maximum Gasteiger partial charge on any atom is 0.345 e. The SMILES string of the molecule is Cc1cccc(C(=O)OCC(=O)Nc2ccc(S(N)(=O)=O)cc2)c1[N+](=O)[O-]. The third-order valence-corrected chi connectivity index (χ3v) is 4.37. The second kappa shape index (κ2) is 7.93. The first-order valence-electron chi connectivity index (χ1n) is 7.43. The molecule has 0 aliphatic heterocycles. The van der Waals surface area contributed by atoms with Crippen LogP contribution < -0.4 is 10.5 Å². The molecule has 2 aromatic carbocycles. The summed E-state index contributed by atoms with van der Waals surface area (Å²) in [5.41, 5.74) is -0.106. The fourth-order valence-electron chi connectivity index (χ4n) is 2.20. The topological polar surface area (TPSA) is 159 Å². The highest BCUT2D eigenvalue weighted by Crippen LogP contribution is 2.23. The lowest BCUT2D eigenvalue weighted by Gasteiger charge is -2.08. The Balaban J connectivity index is 2.01. The molecule has 0 radical (unpaired) electrons. The standard InChI is InChI=1S/C16H15N3O7S/c1-10-3-2-4-13(15(10)19(22)23)16(21)26-9-14(20)18-11-5-7-12(8-6-11)27(17,24)25/h2-8H,9H2,1H3,(H,18,20)(H2,17,24,25). The van der Waals surface area contributed by atoms with Gasteiger partial charge in [-0.3, -0.25) is 14.9 Å². The second-order valence-corrected chi connectivity index (χ2v) is 6.98. The summed E-state index contributed by atoms with van der Waals surface area (Å²) in [4.78, 5) is 34.2.